The number of amidine groups is 1. The monoisotopic (exact) mass is 472 g/mol. The Morgan fingerprint density at radius 1 is 1.21 bits per heavy atom. The summed E-state index contributed by atoms with van der Waals surface area (Å²) in [7, 11) is 0. The Hall–Kier alpha value is -3.47. The third kappa shape index (κ3) is 8.53. The van der Waals surface area contributed by atoms with E-state index in [1.165, 1.54) is 35.6 Å². The van der Waals surface area contributed by atoms with Crippen LogP contribution in [0.4, 0.5) is 5.82 Å². The molecule has 0 radical (unpaired) electrons. The molecule has 0 saturated heterocycles. The van der Waals surface area contributed by atoms with Crippen molar-refractivity contribution >= 4 is 41.0 Å². The average Bonchev–Trinajstić information content (AvgIpc) is 2.78. The Morgan fingerprint density at radius 3 is 2.61 bits per heavy atom. The second kappa shape index (κ2) is 13.2. The van der Waals surface area contributed by atoms with Crippen LogP contribution in [0.25, 0.3) is 0 Å². The van der Waals surface area contributed by atoms with E-state index in [9.17, 15) is 19.2 Å². The molecule has 1 aromatic carbocycles. The van der Waals surface area contributed by atoms with Gasteiger partial charge in [-0.3, -0.25) is 23.7 Å². The van der Waals surface area contributed by atoms with Crippen LogP contribution in [0.2, 0.25) is 0 Å². The van der Waals surface area contributed by atoms with Crippen molar-refractivity contribution in [2.24, 2.45) is 10.7 Å². The summed E-state index contributed by atoms with van der Waals surface area (Å²) < 4.78 is 1.25. The van der Waals surface area contributed by atoms with Gasteiger partial charge in [-0.25, -0.2) is 4.98 Å². The molecule has 0 bridgehead atoms. The summed E-state index contributed by atoms with van der Waals surface area (Å²) in [6.45, 7) is 2.86. The number of carbonyl (C=O) groups is 3. The van der Waals surface area contributed by atoms with Gasteiger partial charge >= 0.3 is 0 Å². The summed E-state index contributed by atoms with van der Waals surface area (Å²) in [5.41, 5.74) is 6.21. The molecule has 11 heteroatoms. The zero-order valence-corrected chi connectivity index (χ0v) is 19.4. The van der Waals surface area contributed by atoms with Crippen LogP contribution in [0.15, 0.2) is 52.5 Å². The summed E-state index contributed by atoms with van der Waals surface area (Å²) in [6, 6.07) is 8.99. The maximum atomic E-state index is 12.8. The standard InChI is InChI=1S/C22H28N6O4S/c1-3-18(21(31)26-11-17(30)14-33-13-16-7-5-4-6-8-16)28-10-9-24-20(22(28)32)25-12-19(23)27-15(2)29/h4-10,18H,3,11-14H2,1-2H3,(H,24,25)(H,26,31)(H2,23,27,29). The first kappa shape index (κ1) is 25.8. The maximum absolute atomic E-state index is 12.8. The molecule has 0 aliphatic heterocycles. The van der Waals surface area contributed by atoms with Crippen molar-refractivity contribution in [1.82, 2.24) is 14.9 Å². The number of nitrogens with one attached hydrogen (secondary N) is 2. The number of aliphatic imine (C=N–C) groups is 1. The zero-order chi connectivity index (χ0) is 24.2. The minimum Gasteiger partial charge on any atom is -0.386 e. The highest BCUT2D eigenvalue weighted by Gasteiger charge is 2.21. The van der Waals surface area contributed by atoms with Gasteiger partial charge in [-0.2, -0.15) is 4.99 Å². The molecule has 0 aliphatic rings. The van der Waals surface area contributed by atoms with Crippen molar-refractivity contribution < 1.29 is 14.4 Å². The fourth-order valence-electron chi connectivity index (χ4n) is 2.93. The van der Waals surface area contributed by atoms with Gasteiger partial charge in [0.2, 0.25) is 11.8 Å². The first-order valence-corrected chi connectivity index (χ1v) is 11.5. The van der Waals surface area contributed by atoms with E-state index in [0.717, 1.165) is 5.56 Å². The van der Waals surface area contributed by atoms with Gasteiger partial charge in [0, 0.05) is 25.1 Å². The number of nitrogens with two attached hydrogens (primary N) is 1. The molecule has 10 nitrogen and oxygen atoms in total. The van der Waals surface area contributed by atoms with Crippen molar-refractivity contribution in [3.05, 3.63) is 58.6 Å². The Bertz CT molecular complexity index is 1050. The molecule has 0 saturated carbocycles. The number of Topliss-reactive ketones (excluding diaryl/α,β-unsaturated/α-hetero) is 1. The molecule has 1 atom stereocenters. The van der Waals surface area contributed by atoms with Crippen LogP contribution >= 0.6 is 11.8 Å². The quantitative estimate of drug-likeness (QED) is 0.307. The molecule has 1 unspecified atom stereocenters. The number of amides is 2. The van der Waals surface area contributed by atoms with E-state index in [2.05, 4.69) is 20.6 Å². The first-order valence-electron chi connectivity index (χ1n) is 10.4. The van der Waals surface area contributed by atoms with E-state index in [0.29, 0.717) is 12.2 Å². The van der Waals surface area contributed by atoms with Crippen LogP contribution in [0.5, 0.6) is 0 Å². The molecule has 4 N–H and O–H groups in total. The van der Waals surface area contributed by atoms with Gasteiger partial charge in [0.15, 0.2) is 11.6 Å². The van der Waals surface area contributed by atoms with Crippen molar-refractivity contribution in [2.45, 2.75) is 32.1 Å². The number of ketones is 1. The number of benzene rings is 1. The molecular formula is C22H28N6O4S. The van der Waals surface area contributed by atoms with E-state index in [-0.39, 0.29) is 36.3 Å². The summed E-state index contributed by atoms with van der Waals surface area (Å²) in [6.07, 6.45) is 3.12. The van der Waals surface area contributed by atoms with Crippen LogP contribution in [-0.4, -0.2) is 51.8 Å². The van der Waals surface area contributed by atoms with Crippen molar-refractivity contribution in [2.75, 3.05) is 24.2 Å². The number of hydrogen-bond acceptors (Lipinski definition) is 7. The lowest BCUT2D eigenvalue weighted by Gasteiger charge is -2.18. The Balaban J connectivity index is 1.92. The number of hydrogen-bond donors (Lipinski definition) is 3. The maximum Gasteiger partial charge on any atom is 0.294 e. The minimum absolute atomic E-state index is 0.00698. The van der Waals surface area contributed by atoms with Gasteiger partial charge in [0.1, 0.15) is 11.9 Å². The molecule has 1 aromatic heterocycles. The summed E-state index contributed by atoms with van der Waals surface area (Å²) >= 11 is 1.48. The predicted octanol–water partition coefficient (Wildman–Crippen LogP) is 1.13. The number of carbonyl (C=O) groups excluding carboxylic acids is 3. The van der Waals surface area contributed by atoms with Crippen molar-refractivity contribution in [1.29, 1.82) is 0 Å². The van der Waals surface area contributed by atoms with E-state index < -0.39 is 23.4 Å². The van der Waals surface area contributed by atoms with E-state index in [1.807, 2.05) is 30.3 Å². The summed E-state index contributed by atoms with van der Waals surface area (Å²) in [5, 5.41) is 5.34. The molecule has 2 aromatic rings. The van der Waals surface area contributed by atoms with Crippen LogP contribution in [0, 0.1) is 0 Å². The lowest BCUT2D eigenvalue weighted by atomic mass is 10.2. The van der Waals surface area contributed by atoms with Crippen molar-refractivity contribution in [3.63, 3.8) is 0 Å². The molecule has 176 valence electrons. The molecule has 1 heterocycles. The van der Waals surface area contributed by atoms with Gasteiger partial charge < -0.3 is 16.4 Å². The molecule has 0 fully saturated rings. The summed E-state index contributed by atoms with van der Waals surface area (Å²) in [5.74, 6) is -0.0325. The second-order valence-corrected chi connectivity index (χ2v) is 8.11. The third-order valence-electron chi connectivity index (χ3n) is 4.47. The summed E-state index contributed by atoms with van der Waals surface area (Å²) in [4.78, 5) is 56.1. The Morgan fingerprint density at radius 2 is 1.94 bits per heavy atom. The molecule has 0 spiro atoms. The van der Waals surface area contributed by atoms with Crippen LogP contribution < -0.4 is 21.9 Å². The topological polar surface area (TPSA) is 149 Å². The number of anilines is 1. The third-order valence-corrected chi connectivity index (χ3v) is 5.53. The molecule has 2 rings (SSSR count). The van der Waals surface area contributed by atoms with Crippen molar-refractivity contribution in [3.8, 4) is 0 Å². The highest BCUT2D eigenvalue weighted by Crippen LogP contribution is 2.12. The highest BCUT2D eigenvalue weighted by molar-refractivity contribution is 7.99. The van der Waals surface area contributed by atoms with Gasteiger partial charge in [-0.15, -0.1) is 11.8 Å². The first-order chi connectivity index (χ1) is 15.8. The van der Waals surface area contributed by atoms with Gasteiger partial charge in [0.25, 0.3) is 5.56 Å². The van der Waals surface area contributed by atoms with Crippen LogP contribution in [-0.2, 0) is 20.1 Å². The number of thioether (sulfide) groups is 1. The minimum atomic E-state index is -0.811. The van der Waals surface area contributed by atoms with E-state index >= 15 is 0 Å². The fraction of sp³-hybridized carbons (Fsp3) is 0.364. The Labute approximate surface area is 196 Å². The number of nitrogens with zero attached hydrogens (tertiary/aromatic N) is 3. The number of aromatic nitrogens is 2. The molecule has 33 heavy (non-hydrogen) atoms. The average molecular weight is 473 g/mol. The Kier molecular flexibility index (Phi) is 10.3. The molecular weight excluding hydrogens is 444 g/mol. The molecule has 0 aliphatic carbocycles. The smallest absolute Gasteiger partial charge is 0.294 e. The van der Waals surface area contributed by atoms with Gasteiger partial charge in [-0.05, 0) is 12.0 Å². The van der Waals surface area contributed by atoms with Crippen LogP contribution in [0.3, 0.4) is 0 Å². The van der Waals surface area contributed by atoms with Gasteiger partial charge in [0.05, 0.1) is 18.8 Å². The predicted molar refractivity (Wildman–Crippen MR) is 129 cm³/mol. The zero-order valence-electron chi connectivity index (χ0n) is 18.6. The fourth-order valence-corrected chi connectivity index (χ4v) is 3.79. The van der Waals surface area contributed by atoms with Gasteiger partial charge in [-0.1, -0.05) is 37.3 Å². The normalized spacial score (nSPS) is 12.1. The van der Waals surface area contributed by atoms with Crippen LogP contribution in [0.1, 0.15) is 31.9 Å². The SMILES string of the molecule is CCC(C(=O)NCC(=O)CSCc1ccccc1)n1ccnc(NCC(N)=NC(C)=O)c1=O. The molecule has 2 amide bonds. The lowest BCUT2D eigenvalue weighted by molar-refractivity contribution is -0.127. The number of rotatable bonds is 12. The van der Waals surface area contributed by atoms with E-state index in [4.69, 9.17) is 5.73 Å². The van der Waals surface area contributed by atoms with E-state index in [1.54, 1.807) is 6.92 Å². The highest BCUT2D eigenvalue weighted by atomic mass is 32.2. The largest absolute Gasteiger partial charge is 0.386 e. The second-order valence-electron chi connectivity index (χ2n) is 7.12. The lowest BCUT2D eigenvalue weighted by Crippen LogP contribution is -2.40.